The van der Waals surface area contributed by atoms with E-state index < -0.39 is 10.0 Å². The fourth-order valence-electron chi connectivity index (χ4n) is 1.34. The Labute approximate surface area is 94.1 Å². The molecule has 0 aliphatic rings. The predicted octanol–water partition coefficient (Wildman–Crippen LogP) is 0.904. The van der Waals surface area contributed by atoms with Crippen LogP contribution in [0.1, 0.15) is 27.2 Å². The van der Waals surface area contributed by atoms with Gasteiger partial charge in [0.15, 0.2) is 0 Å². The van der Waals surface area contributed by atoms with Crippen LogP contribution in [-0.4, -0.2) is 45.2 Å². The van der Waals surface area contributed by atoms with Gasteiger partial charge in [-0.2, -0.15) is 0 Å². The van der Waals surface area contributed by atoms with Crippen LogP contribution >= 0.6 is 0 Å². The van der Waals surface area contributed by atoms with Gasteiger partial charge in [0.05, 0.1) is 5.75 Å². The summed E-state index contributed by atoms with van der Waals surface area (Å²) in [6, 6.07) is 0. The van der Waals surface area contributed by atoms with Gasteiger partial charge in [0.2, 0.25) is 10.0 Å². The van der Waals surface area contributed by atoms with E-state index in [1.54, 1.807) is 7.05 Å². The van der Waals surface area contributed by atoms with Crippen molar-refractivity contribution in [2.45, 2.75) is 27.2 Å². The van der Waals surface area contributed by atoms with Gasteiger partial charge >= 0.3 is 0 Å². The molecule has 0 radical (unpaired) electrons. The Morgan fingerprint density at radius 2 is 1.93 bits per heavy atom. The maximum atomic E-state index is 11.7. The Morgan fingerprint density at radius 1 is 1.33 bits per heavy atom. The second kappa shape index (κ2) is 7.19. The van der Waals surface area contributed by atoms with Crippen LogP contribution in [0.25, 0.3) is 0 Å². The molecule has 92 valence electrons. The van der Waals surface area contributed by atoms with E-state index in [-0.39, 0.29) is 5.75 Å². The minimum atomic E-state index is -3.04. The third kappa shape index (κ3) is 6.87. The largest absolute Gasteiger partial charge is 0.317 e. The molecule has 0 saturated carbocycles. The summed E-state index contributed by atoms with van der Waals surface area (Å²) in [4.78, 5) is 0. The van der Waals surface area contributed by atoms with Gasteiger partial charge in [0.25, 0.3) is 0 Å². The molecule has 0 bridgehead atoms. The zero-order valence-corrected chi connectivity index (χ0v) is 11.1. The van der Waals surface area contributed by atoms with Crippen LogP contribution in [-0.2, 0) is 10.0 Å². The van der Waals surface area contributed by atoms with Crippen LogP contribution in [0.3, 0.4) is 0 Å². The van der Waals surface area contributed by atoms with Gasteiger partial charge in [-0.25, -0.2) is 12.7 Å². The molecule has 0 heterocycles. The normalized spacial score (nSPS) is 12.7. The monoisotopic (exact) mass is 236 g/mol. The highest BCUT2D eigenvalue weighted by molar-refractivity contribution is 7.89. The minimum Gasteiger partial charge on any atom is -0.317 e. The van der Waals surface area contributed by atoms with Crippen LogP contribution in [0.2, 0.25) is 0 Å². The number of hydrogen-bond donors (Lipinski definition) is 1. The molecule has 4 nitrogen and oxygen atoms in total. The van der Waals surface area contributed by atoms with E-state index in [1.165, 1.54) is 4.31 Å². The van der Waals surface area contributed by atoms with Crippen LogP contribution in [0, 0.1) is 5.92 Å². The summed E-state index contributed by atoms with van der Waals surface area (Å²) in [6.07, 6.45) is 0.679. The maximum absolute atomic E-state index is 11.7. The molecule has 1 N–H and O–H groups in total. The lowest BCUT2D eigenvalue weighted by atomic mass is 10.2. The molecule has 0 aromatic heterocycles. The van der Waals surface area contributed by atoms with Crippen LogP contribution < -0.4 is 5.32 Å². The summed E-state index contributed by atoms with van der Waals surface area (Å²) >= 11 is 0. The van der Waals surface area contributed by atoms with Crippen molar-refractivity contribution < 1.29 is 8.42 Å². The van der Waals surface area contributed by atoms with E-state index in [4.69, 9.17) is 0 Å². The smallest absolute Gasteiger partial charge is 0.213 e. The van der Waals surface area contributed by atoms with E-state index in [0.29, 0.717) is 18.9 Å². The summed E-state index contributed by atoms with van der Waals surface area (Å²) in [5.41, 5.74) is 0. The van der Waals surface area contributed by atoms with Gasteiger partial charge in [-0.1, -0.05) is 20.8 Å². The number of rotatable bonds is 8. The van der Waals surface area contributed by atoms with Crippen molar-refractivity contribution in [2.24, 2.45) is 5.92 Å². The van der Waals surface area contributed by atoms with Crippen molar-refractivity contribution >= 4 is 10.0 Å². The molecule has 0 saturated heterocycles. The molecule has 0 rings (SSSR count). The van der Waals surface area contributed by atoms with Gasteiger partial charge in [0, 0.05) is 13.6 Å². The predicted molar refractivity (Wildman–Crippen MR) is 64.4 cm³/mol. The highest BCUT2D eigenvalue weighted by Gasteiger charge is 2.17. The average molecular weight is 236 g/mol. The molecule has 0 aliphatic carbocycles. The van der Waals surface area contributed by atoms with Gasteiger partial charge in [-0.3, -0.25) is 0 Å². The van der Waals surface area contributed by atoms with Crippen molar-refractivity contribution in [1.29, 1.82) is 0 Å². The first-order valence-corrected chi connectivity index (χ1v) is 7.15. The first-order chi connectivity index (χ1) is 6.90. The van der Waals surface area contributed by atoms with Crippen LogP contribution in [0.15, 0.2) is 0 Å². The Bertz CT molecular complexity index is 250. The van der Waals surface area contributed by atoms with E-state index >= 15 is 0 Å². The number of nitrogens with one attached hydrogen (secondary N) is 1. The first kappa shape index (κ1) is 14.9. The lowest BCUT2D eigenvalue weighted by Crippen LogP contribution is -2.33. The Kier molecular flexibility index (Phi) is 7.13. The van der Waals surface area contributed by atoms with E-state index in [1.807, 2.05) is 20.8 Å². The molecule has 0 amide bonds. The van der Waals surface area contributed by atoms with Crippen molar-refractivity contribution in [3.05, 3.63) is 0 Å². The molecule has 15 heavy (non-hydrogen) atoms. The van der Waals surface area contributed by atoms with E-state index in [9.17, 15) is 8.42 Å². The van der Waals surface area contributed by atoms with E-state index in [0.717, 1.165) is 13.1 Å². The van der Waals surface area contributed by atoms with Gasteiger partial charge in [-0.05, 0) is 25.4 Å². The number of sulfonamides is 1. The van der Waals surface area contributed by atoms with E-state index in [2.05, 4.69) is 5.32 Å². The molecule has 0 spiro atoms. The van der Waals surface area contributed by atoms with Gasteiger partial charge < -0.3 is 5.32 Å². The SMILES string of the molecule is CCNCCCS(=O)(=O)N(C)CC(C)C. The first-order valence-electron chi connectivity index (χ1n) is 5.55. The van der Waals surface area contributed by atoms with Crippen molar-refractivity contribution in [3.63, 3.8) is 0 Å². The lowest BCUT2D eigenvalue weighted by molar-refractivity contribution is 0.416. The van der Waals surface area contributed by atoms with Crippen molar-refractivity contribution in [2.75, 3.05) is 32.4 Å². The average Bonchev–Trinajstić information content (AvgIpc) is 2.11. The van der Waals surface area contributed by atoms with Gasteiger partial charge in [0.1, 0.15) is 0 Å². The van der Waals surface area contributed by atoms with Crippen molar-refractivity contribution in [1.82, 2.24) is 9.62 Å². The Balaban J connectivity index is 3.95. The van der Waals surface area contributed by atoms with Crippen LogP contribution in [0.4, 0.5) is 0 Å². The topological polar surface area (TPSA) is 49.4 Å². The summed E-state index contributed by atoms with van der Waals surface area (Å²) in [5.74, 6) is 0.613. The summed E-state index contributed by atoms with van der Waals surface area (Å²) in [7, 11) is -1.39. The van der Waals surface area contributed by atoms with Gasteiger partial charge in [-0.15, -0.1) is 0 Å². The van der Waals surface area contributed by atoms with Crippen LogP contribution in [0.5, 0.6) is 0 Å². The number of nitrogens with zero attached hydrogens (tertiary/aromatic N) is 1. The summed E-state index contributed by atoms with van der Waals surface area (Å²) in [5, 5.41) is 3.12. The highest BCUT2D eigenvalue weighted by Crippen LogP contribution is 2.04. The minimum absolute atomic E-state index is 0.239. The molecule has 0 unspecified atom stereocenters. The highest BCUT2D eigenvalue weighted by atomic mass is 32.2. The molecule has 0 aromatic carbocycles. The quantitative estimate of drug-likeness (QED) is 0.637. The molecular weight excluding hydrogens is 212 g/mol. The Hall–Kier alpha value is -0.130. The zero-order chi connectivity index (χ0) is 11.9. The number of hydrogen-bond acceptors (Lipinski definition) is 3. The fourth-order valence-corrected chi connectivity index (χ4v) is 2.69. The summed E-state index contributed by atoms with van der Waals surface area (Å²) in [6.45, 7) is 8.31. The maximum Gasteiger partial charge on any atom is 0.213 e. The zero-order valence-electron chi connectivity index (χ0n) is 10.3. The molecule has 0 aromatic rings. The second-order valence-electron chi connectivity index (χ2n) is 4.20. The molecule has 0 fully saturated rings. The fraction of sp³-hybridized carbons (Fsp3) is 1.00. The lowest BCUT2D eigenvalue weighted by Gasteiger charge is -2.19. The van der Waals surface area contributed by atoms with Crippen molar-refractivity contribution in [3.8, 4) is 0 Å². The Morgan fingerprint density at radius 3 is 2.40 bits per heavy atom. The third-order valence-corrected chi connectivity index (χ3v) is 4.01. The summed E-state index contributed by atoms with van der Waals surface area (Å²) < 4.78 is 24.9. The third-order valence-electron chi connectivity index (χ3n) is 2.10. The molecule has 0 aliphatic heterocycles. The standard InChI is InChI=1S/C10H24N2O2S/c1-5-11-7-6-8-15(13,14)12(4)9-10(2)3/h10-11H,5-9H2,1-4H3. The molecule has 0 atom stereocenters. The second-order valence-corrected chi connectivity index (χ2v) is 6.39. The molecule has 5 heteroatoms. The molecular formula is C10H24N2O2S.